The van der Waals surface area contributed by atoms with E-state index in [2.05, 4.69) is 12.2 Å². The first-order chi connectivity index (χ1) is 9.08. The Bertz CT molecular complexity index is 420. The highest BCUT2D eigenvalue weighted by Gasteiger charge is 2.14. The summed E-state index contributed by atoms with van der Waals surface area (Å²) in [5.41, 5.74) is 0.0190. The Kier molecular flexibility index (Phi) is 7.17. The van der Waals surface area contributed by atoms with E-state index in [1.54, 1.807) is 0 Å². The Morgan fingerprint density at radius 2 is 2.16 bits per heavy atom. The molecule has 0 bridgehead atoms. The zero-order valence-electron chi connectivity index (χ0n) is 10.9. The first-order valence-electron chi connectivity index (χ1n) is 6.37. The van der Waals surface area contributed by atoms with E-state index in [0.29, 0.717) is 18.3 Å². The molecule has 1 unspecified atom stereocenters. The molecule has 0 saturated heterocycles. The minimum atomic E-state index is -0.602. The van der Waals surface area contributed by atoms with Crippen molar-refractivity contribution >= 4 is 29.1 Å². The van der Waals surface area contributed by atoms with Gasteiger partial charge in [-0.1, -0.05) is 24.9 Å². The molecule has 0 fully saturated rings. The van der Waals surface area contributed by atoms with E-state index in [1.165, 1.54) is 12.1 Å². The van der Waals surface area contributed by atoms with Crippen molar-refractivity contribution in [1.29, 1.82) is 0 Å². The molecule has 5 heteroatoms. The molecule has 0 saturated carbocycles. The Balaban J connectivity index is 2.58. The second kappa shape index (κ2) is 8.39. The van der Waals surface area contributed by atoms with Crippen molar-refractivity contribution in [3.63, 3.8) is 0 Å². The van der Waals surface area contributed by atoms with E-state index >= 15 is 0 Å². The van der Waals surface area contributed by atoms with Crippen LogP contribution in [-0.2, 0) is 0 Å². The van der Waals surface area contributed by atoms with Crippen LogP contribution in [0.25, 0.3) is 0 Å². The maximum absolute atomic E-state index is 13.6. The predicted octanol–water partition coefficient (Wildman–Crippen LogP) is 4.25. The van der Waals surface area contributed by atoms with Gasteiger partial charge in [0.1, 0.15) is 5.82 Å². The normalized spacial score (nSPS) is 12.2. The number of halogens is 3. The Labute approximate surface area is 123 Å². The third-order valence-corrected chi connectivity index (χ3v) is 3.39. The molecule has 0 radical (unpaired) electrons. The second-order valence-corrected chi connectivity index (χ2v) is 5.28. The lowest BCUT2D eigenvalue weighted by Gasteiger charge is -2.15. The summed E-state index contributed by atoms with van der Waals surface area (Å²) in [4.78, 5) is 11.9. The molecule has 2 nitrogen and oxygen atoms in total. The van der Waals surface area contributed by atoms with Gasteiger partial charge >= 0.3 is 0 Å². The summed E-state index contributed by atoms with van der Waals surface area (Å²) >= 11 is 11.4. The number of carbonyl (C=O) groups excluding carboxylic acids is 1. The Morgan fingerprint density at radius 3 is 2.74 bits per heavy atom. The molecular formula is C14H18Cl2FNO. The molecule has 0 aliphatic carbocycles. The number of benzene rings is 1. The van der Waals surface area contributed by atoms with E-state index in [4.69, 9.17) is 23.2 Å². The number of hydrogen-bond donors (Lipinski definition) is 1. The summed E-state index contributed by atoms with van der Waals surface area (Å²) in [6.07, 6.45) is 2.88. The van der Waals surface area contributed by atoms with Crippen LogP contribution < -0.4 is 5.32 Å². The summed E-state index contributed by atoms with van der Waals surface area (Å²) in [5.74, 6) is -0.114. The van der Waals surface area contributed by atoms with Crippen molar-refractivity contribution < 1.29 is 9.18 Å². The zero-order valence-corrected chi connectivity index (χ0v) is 12.4. The summed E-state index contributed by atoms with van der Waals surface area (Å²) in [7, 11) is 0. The van der Waals surface area contributed by atoms with Gasteiger partial charge in [-0.15, -0.1) is 11.6 Å². The molecule has 19 heavy (non-hydrogen) atoms. The number of amides is 1. The van der Waals surface area contributed by atoms with Crippen molar-refractivity contribution in [2.75, 3.05) is 12.4 Å². The van der Waals surface area contributed by atoms with Gasteiger partial charge in [-0.2, -0.15) is 0 Å². The first-order valence-corrected chi connectivity index (χ1v) is 7.29. The number of rotatable bonds is 7. The lowest BCUT2D eigenvalue weighted by Crippen LogP contribution is -2.30. The lowest BCUT2D eigenvalue weighted by atomic mass is 10.0. The van der Waals surface area contributed by atoms with Crippen LogP contribution in [0.15, 0.2) is 18.2 Å². The first kappa shape index (κ1) is 16.3. The maximum Gasteiger partial charge on any atom is 0.254 e. The minimum absolute atomic E-state index is 0.0190. The smallest absolute Gasteiger partial charge is 0.254 e. The van der Waals surface area contributed by atoms with Crippen molar-refractivity contribution in [2.45, 2.75) is 26.2 Å². The van der Waals surface area contributed by atoms with E-state index in [9.17, 15) is 9.18 Å². The average Bonchev–Trinajstić information content (AvgIpc) is 2.36. The van der Waals surface area contributed by atoms with E-state index in [0.717, 1.165) is 25.3 Å². The van der Waals surface area contributed by atoms with Gasteiger partial charge in [0.15, 0.2) is 0 Å². The third-order valence-electron chi connectivity index (χ3n) is 2.94. The van der Waals surface area contributed by atoms with Gasteiger partial charge in [0, 0.05) is 17.4 Å². The summed E-state index contributed by atoms with van der Waals surface area (Å²) in [5, 5.41) is 3.03. The summed E-state index contributed by atoms with van der Waals surface area (Å²) in [6, 6.07) is 4.03. The minimum Gasteiger partial charge on any atom is -0.352 e. The maximum atomic E-state index is 13.6. The van der Waals surface area contributed by atoms with Gasteiger partial charge in [0.05, 0.1) is 5.56 Å². The zero-order chi connectivity index (χ0) is 14.3. The number of nitrogens with one attached hydrogen (secondary N) is 1. The van der Waals surface area contributed by atoms with Gasteiger partial charge in [0.25, 0.3) is 5.91 Å². The van der Waals surface area contributed by atoms with Crippen LogP contribution in [0.4, 0.5) is 4.39 Å². The van der Waals surface area contributed by atoms with Crippen LogP contribution in [0.2, 0.25) is 5.02 Å². The van der Waals surface area contributed by atoms with Crippen LogP contribution >= 0.6 is 23.2 Å². The molecule has 0 heterocycles. The largest absolute Gasteiger partial charge is 0.352 e. The van der Waals surface area contributed by atoms with Gasteiger partial charge in [-0.25, -0.2) is 4.39 Å². The second-order valence-electron chi connectivity index (χ2n) is 4.47. The molecule has 1 aromatic rings. The molecule has 1 aromatic carbocycles. The van der Waals surface area contributed by atoms with E-state index in [1.807, 2.05) is 0 Å². The molecule has 106 valence electrons. The van der Waals surface area contributed by atoms with Crippen molar-refractivity contribution in [3.05, 3.63) is 34.6 Å². The number of carbonyl (C=O) groups is 1. The monoisotopic (exact) mass is 305 g/mol. The fourth-order valence-electron chi connectivity index (χ4n) is 1.92. The molecule has 1 amide bonds. The number of alkyl halides is 1. The lowest BCUT2D eigenvalue weighted by molar-refractivity contribution is 0.0942. The van der Waals surface area contributed by atoms with Crippen molar-refractivity contribution in [1.82, 2.24) is 5.32 Å². The fourth-order valence-corrected chi connectivity index (χ4v) is 2.38. The fraction of sp³-hybridized carbons (Fsp3) is 0.500. The van der Waals surface area contributed by atoms with Crippen LogP contribution in [0.5, 0.6) is 0 Å². The van der Waals surface area contributed by atoms with Crippen LogP contribution in [-0.4, -0.2) is 18.3 Å². The third kappa shape index (κ3) is 5.37. The van der Waals surface area contributed by atoms with Crippen molar-refractivity contribution in [3.8, 4) is 0 Å². The van der Waals surface area contributed by atoms with Crippen LogP contribution in [0, 0.1) is 11.7 Å². The molecule has 0 aliphatic heterocycles. The Morgan fingerprint density at radius 1 is 1.42 bits per heavy atom. The van der Waals surface area contributed by atoms with Crippen LogP contribution in [0.1, 0.15) is 36.5 Å². The molecule has 1 rings (SSSR count). The standard InChI is InChI=1S/C14H18Cl2FNO/c1-2-3-10(6-7-15)9-18-14(19)12-5-4-11(16)8-13(12)17/h4-5,8,10H,2-3,6-7,9H2,1H3,(H,18,19). The van der Waals surface area contributed by atoms with Gasteiger partial charge in [0.2, 0.25) is 0 Å². The topological polar surface area (TPSA) is 29.1 Å². The van der Waals surface area contributed by atoms with Gasteiger partial charge in [-0.3, -0.25) is 4.79 Å². The molecule has 0 spiro atoms. The number of hydrogen-bond acceptors (Lipinski definition) is 1. The molecule has 0 aromatic heterocycles. The van der Waals surface area contributed by atoms with Crippen LogP contribution in [0.3, 0.4) is 0 Å². The SMILES string of the molecule is CCCC(CCCl)CNC(=O)c1ccc(Cl)cc1F. The molecule has 1 atom stereocenters. The van der Waals surface area contributed by atoms with Gasteiger partial charge in [-0.05, 0) is 37.0 Å². The van der Waals surface area contributed by atoms with E-state index in [-0.39, 0.29) is 10.6 Å². The van der Waals surface area contributed by atoms with Gasteiger partial charge < -0.3 is 5.32 Å². The average molecular weight is 306 g/mol. The quantitative estimate of drug-likeness (QED) is 0.750. The van der Waals surface area contributed by atoms with E-state index < -0.39 is 11.7 Å². The highest BCUT2D eigenvalue weighted by atomic mass is 35.5. The molecular weight excluding hydrogens is 288 g/mol. The highest BCUT2D eigenvalue weighted by Crippen LogP contribution is 2.15. The molecule has 1 N–H and O–H groups in total. The highest BCUT2D eigenvalue weighted by molar-refractivity contribution is 6.30. The Hall–Kier alpha value is -0.800. The summed E-state index contributed by atoms with van der Waals surface area (Å²) < 4.78 is 13.6. The molecule has 0 aliphatic rings. The van der Waals surface area contributed by atoms with Crippen molar-refractivity contribution in [2.24, 2.45) is 5.92 Å². The predicted molar refractivity (Wildman–Crippen MR) is 77.5 cm³/mol. The summed E-state index contributed by atoms with van der Waals surface area (Å²) in [6.45, 7) is 2.60.